The SMILES string of the molecule is C=Cc1cc(/C=C(\O)C(=O)O)ncn1.C=Cc1cc(/C=C(\O)C(=O)OCC)ncn1.C=Cc1cc(C)ncn1.C=[CH][Sn]([CH2]CCC)([CH2]CCC)[CH2]CCC.CCOC(=O)C(=O)OCC.COC(=O)/C=C(/C)N.Cc1cc(=O)[nH]cn1.Cc1cc(Cl)ncn1.NC=O.O=P(Cl)(Cl)Cl.[Li+].[OH-]. The number of aromatic amines is 1. The van der Waals surface area contributed by atoms with Crippen LogP contribution in [-0.4, -0.2) is 152 Å². The largest absolute Gasteiger partial charge is 1.00 e. The fourth-order valence-electron chi connectivity index (χ4n) is 6.13. The molecule has 5 aromatic heterocycles. The Morgan fingerprint density at radius 3 is 1.21 bits per heavy atom. The number of aliphatic hydroxyl groups excluding tert-OH is 2. The molecular weight excluding hydrogens is 1480 g/mol. The number of aromatic nitrogens is 10. The van der Waals surface area contributed by atoms with E-state index in [4.69, 9.17) is 32.3 Å². The van der Waals surface area contributed by atoms with Crippen molar-refractivity contribution in [2.75, 3.05) is 26.9 Å². The van der Waals surface area contributed by atoms with Crippen LogP contribution in [0.2, 0.25) is 18.5 Å². The number of carbonyl (C=O) groups is 6. The van der Waals surface area contributed by atoms with Crippen molar-refractivity contribution in [3.63, 3.8) is 0 Å². The molecule has 0 unspecified atom stereocenters. The molecule has 0 saturated heterocycles. The minimum Gasteiger partial charge on any atom is -0.870 e. The van der Waals surface area contributed by atoms with Gasteiger partial charge in [0.05, 0.1) is 61.7 Å². The number of primary amides is 1. The summed E-state index contributed by atoms with van der Waals surface area (Å²) in [4.78, 5) is 108. The predicted octanol–water partition coefficient (Wildman–Crippen LogP) is 10.1. The molecule has 28 nitrogen and oxygen atoms in total. The number of aliphatic hydroxyl groups is 2. The van der Waals surface area contributed by atoms with Crippen molar-refractivity contribution in [1.82, 2.24) is 49.8 Å². The molecule has 0 fully saturated rings. The first-order valence-electron chi connectivity index (χ1n) is 29.1. The molecule has 9 N–H and O–H groups in total. The first-order chi connectivity index (χ1) is 45.2. The summed E-state index contributed by atoms with van der Waals surface area (Å²) in [6, 6.07) is 8.13. The summed E-state index contributed by atoms with van der Waals surface area (Å²) in [5.41, 5.74) is 15.0. The second kappa shape index (κ2) is 66.6. The fourth-order valence-corrected chi connectivity index (χ4v) is 19.3. The first-order valence-corrected chi connectivity index (χ1v) is 41.6. The summed E-state index contributed by atoms with van der Waals surface area (Å²) in [5.74, 6) is -5.70. The fraction of sp³-hybridized carbons (Fsp3) is 0.365. The number of aliphatic carboxylic acids is 1. The Bertz CT molecular complexity index is 3250. The van der Waals surface area contributed by atoms with E-state index in [1.54, 1.807) is 72.2 Å². The molecule has 5 rings (SSSR count). The number of esters is 4. The van der Waals surface area contributed by atoms with Gasteiger partial charge in [-0.15, -0.1) is 0 Å². The Morgan fingerprint density at radius 2 is 0.949 bits per heavy atom. The molecule has 0 radical (unpaired) electrons. The van der Waals surface area contributed by atoms with Gasteiger partial charge in [0.15, 0.2) is 0 Å². The van der Waals surface area contributed by atoms with Gasteiger partial charge in [-0.05, 0) is 125 Å². The summed E-state index contributed by atoms with van der Waals surface area (Å²) >= 11 is 17.5. The van der Waals surface area contributed by atoms with Crippen LogP contribution < -0.4 is 35.9 Å². The molecule has 0 aliphatic heterocycles. The van der Waals surface area contributed by atoms with Crippen molar-refractivity contribution in [1.29, 1.82) is 0 Å². The maximum absolute atomic E-state index is 11.1. The van der Waals surface area contributed by atoms with Gasteiger partial charge in [0.25, 0.3) is 5.56 Å². The number of carboxylic acid groups (broad SMARTS) is 1. The van der Waals surface area contributed by atoms with Crippen LogP contribution in [0.4, 0.5) is 0 Å². The smallest absolute Gasteiger partial charge is 0.870 e. The molecular formula is C63H92Cl4LiN12O16PSn. The average Bonchev–Trinajstić information content (AvgIpc) is 1.08. The standard InChI is InChI=1S/C11H12N2O3.C9H8N2O3.C7H8N2.C6H10O4.C5H5ClN2.C5H6N2O.C5H9NO2.3C4H9.C2H3.CH3NO.Cl3OP.Li.H2O.Sn/c1-3-8-5-9(13-7-12-8)6-10(14)11(15)16-4-2;1-2-6-3-7(11-5-10-6)4-8(12)9(13)14;1-3-7-4-6(2)8-5-9-7;1-3-9-5(7)6(8)10-4-2;1-4-2-5(6)8-3-7-4;1-4-2-5(8)7-3-6-4;1-4(6)3-5(7)8-2;3*1-3-4-2;1-2;2-1-3;1-5(2,3)4;;;/h3,5-7,14H,1,4H2,2H3;2-5,12H,1H2,(H,13,14);3-5H,1H2,2H3;3-4H2,1-2H3;2-3H,1H3;2-3H,1H3,(H,6,7,8);3H,6H2,1-2H3;3*1,3-4H2,2H3;1H,2H2;1H,(H2,2,3);;;1H2;/q;;;;;;;;;;;;;+1;;/p-1/b10-6-;8-4-;;;;;4-3-;;;;;;;;;. The van der Waals surface area contributed by atoms with Gasteiger partial charge in [-0.3, -0.25) is 14.2 Å². The molecule has 1 amide bonds. The van der Waals surface area contributed by atoms with E-state index in [9.17, 15) is 38.4 Å². The Morgan fingerprint density at radius 1 is 0.602 bits per heavy atom. The van der Waals surface area contributed by atoms with Crippen LogP contribution in [0.5, 0.6) is 0 Å². The van der Waals surface area contributed by atoms with Crippen molar-refractivity contribution in [2.45, 2.75) is 121 Å². The Hall–Kier alpha value is -7.65. The average molecular weight is 1570 g/mol. The molecule has 0 spiro atoms. The van der Waals surface area contributed by atoms with Gasteiger partial charge >= 0.3 is 156 Å². The third kappa shape index (κ3) is 65.6. The number of nitrogens with one attached hydrogen (secondary N) is 1. The Labute approximate surface area is 609 Å². The number of carboxylic acids is 1. The van der Waals surface area contributed by atoms with Crippen molar-refractivity contribution < 1.29 is 91.9 Å². The first kappa shape index (κ1) is 104. The van der Waals surface area contributed by atoms with Crippen LogP contribution in [-0.2, 0) is 52.3 Å². The second-order valence-corrected chi connectivity index (χ2v) is 38.6. The molecule has 0 aromatic carbocycles. The number of hydrogen-bond acceptors (Lipinski definition) is 25. The van der Waals surface area contributed by atoms with Crippen LogP contribution in [0.25, 0.3) is 30.4 Å². The van der Waals surface area contributed by atoms with E-state index in [1.165, 1.54) is 108 Å². The Kier molecular flexibility index (Phi) is 70.5. The number of nitrogens with zero attached hydrogens (tertiary/aromatic N) is 9. The number of unbranched alkanes of at least 4 members (excludes halogenated alkanes) is 3. The van der Waals surface area contributed by atoms with Crippen LogP contribution >= 0.6 is 50.5 Å². The minimum atomic E-state index is -3.22. The molecule has 0 aliphatic carbocycles. The monoisotopic (exact) mass is 1570 g/mol. The number of methoxy groups -OCH3 is 1. The van der Waals surface area contributed by atoms with E-state index in [0.717, 1.165) is 28.9 Å². The van der Waals surface area contributed by atoms with Crippen molar-refractivity contribution in [3.05, 3.63) is 177 Å². The number of rotatable bonds is 21. The number of hydrogen-bond donors (Lipinski definition) is 6. The number of nitrogens with two attached hydrogens (primary N) is 2. The third-order valence-electron chi connectivity index (χ3n) is 10.5. The number of H-pyrrole nitrogens is 1. The van der Waals surface area contributed by atoms with E-state index in [-0.39, 0.29) is 56.1 Å². The molecule has 35 heteroatoms. The summed E-state index contributed by atoms with van der Waals surface area (Å²) < 4.78 is 34.2. The van der Waals surface area contributed by atoms with E-state index >= 15 is 0 Å². The Balaban J connectivity index is -0.000000192. The number of aryl methyl sites for hydroxylation is 3. The van der Waals surface area contributed by atoms with Crippen LogP contribution in [0, 0.1) is 20.8 Å². The summed E-state index contributed by atoms with van der Waals surface area (Å²) in [6.45, 7) is 34.5. The summed E-state index contributed by atoms with van der Waals surface area (Å²) in [6.07, 6.45) is 23.9. The maximum atomic E-state index is 11.1. The zero-order chi connectivity index (χ0) is 74.5. The molecule has 0 bridgehead atoms. The number of amides is 1. The normalized spacial score (nSPS) is 9.97. The topological polar surface area (TPSA) is 448 Å². The number of halogens is 4. The van der Waals surface area contributed by atoms with Crippen molar-refractivity contribution in [3.8, 4) is 0 Å². The summed E-state index contributed by atoms with van der Waals surface area (Å²) in [7, 11) is 1.31. The predicted molar refractivity (Wildman–Crippen MR) is 384 cm³/mol. The van der Waals surface area contributed by atoms with E-state index in [1.807, 2.05) is 19.9 Å². The van der Waals surface area contributed by atoms with Crippen LogP contribution in [0.1, 0.15) is 133 Å². The van der Waals surface area contributed by atoms with Gasteiger partial charge < -0.3 is 56.2 Å². The number of ether oxygens (including phenoxy) is 4. The summed E-state index contributed by atoms with van der Waals surface area (Å²) in [5, 5.41) is 23.9. The second-order valence-electron chi connectivity index (χ2n) is 18.3. The van der Waals surface area contributed by atoms with Gasteiger partial charge in [0.1, 0.15) is 30.5 Å². The van der Waals surface area contributed by atoms with E-state index in [2.05, 4.69) is 159 Å². The molecule has 0 saturated carbocycles. The minimum absolute atomic E-state index is 0. The maximum Gasteiger partial charge on any atom is 1.00 e. The van der Waals surface area contributed by atoms with Crippen LogP contribution in [0.15, 0.2) is 120 Å². The van der Waals surface area contributed by atoms with Gasteiger partial charge in [-0.25, -0.2) is 68.8 Å². The van der Waals surface area contributed by atoms with Crippen LogP contribution in [0.3, 0.4) is 0 Å². The van der Waals surface area contributed by atoms with E-state index in [0.29, 0.717) is 33.6 Å². The quantitative estimate of drug-likeness (QED) is 0.00457. The number of carbonyl (C=O) groups excluding carboxylic acids is 5. The number of allylic oxidation sites excluding steroid dienone is 1. The molecule has 0 atom stereocenters. The van der Waals surface area contributed by atoms with Gasteiger partial charge in [-0.1, -0.05) is 31.3 Å². The van der Waals surface area contributed by atoms with Gasteiger partial charge in [-0.2, -0.15) is 0 Å². The molecule has 538 valence electrons. The molecule has 98 heavy (non-hydrogen) atoms. The van der Waals surface area contributed by atoms with Crippen molar-refractivity contribution in [2.24, 2.45) is 11.5 Å². The third-order valence-corrected chi connectivity index (χ3v) is 24.7. The zero-order valence-electron chi connectivity index (χ0n) is 57.5. The van der Waals surface area contributed by atoms with Gasteiger partial charge in [0, 0.05) is 47.1 Å². The molecule has 5 aromatic rings. The van der Waals surface area contributed by atoms with E-state index < -0.39 is 64.9 Å². The molecule has 5 heterocycles. The van der Waals surface area contributed by atoms with Crippen molar-refractivity contribution >= 4 is 136 Å². The van der Waals surface area contributed by atoms with Gasteiger partial charge in [0.2, 0.25) is 17.9 Å². The molecule has 0 aliphatic rings. The zero-order valence-corrected chi connectivity index (χ0v) is 64.3.